The smallest absolute Gasteiger partial charge is 0.223 e. The summed E-state index contributed by atoms with van der Waals surface area (Å²) in [5.74, 6) is 0.437. The first kappa shape index (κ1) is 12.9. The van der Waals surface area contributed by atoms with Crippen LogP contribution in [0.1, 0.15) is 58.8 Å². The summed E-state index contributed by atoms with van der Waals surface area (Å²) in [6.07, 6.45) is 7.92. The molecule has 3 N–H and O–H groups in total. The first-order valence-electron chi connectivity index (χ1n) is 7.07. The fraction of sp³-hybridized carbons (Fsp3) is 0.929. The van der Waals surface area contributed by atoms with Crippen LogP contribution in [0.25, 0.3) is 0 Å². The monoisotopic (exact) mass is 238 g/mol. The third-order valence-electron chi connectivity index (χ3n) is 4.72. The summed E-state index contributed by atoms with van der Waals surface area (Å²) >= 11 is 0. The van der Waals surface area contributed by atoms with Gasteiger partial charge in [0.2, 0.25) is 5.91 Å². The molecule has 2 aliphatic rings. The second-order valence-corrected chi connectivity index (χ2v) is 6.50. The lowest BCUT2D eigenvalue weighted by Gasteiger charge is -2.33. The highest BCUT2D eigenvalue weighted by Gasteiger charge is 2.40. The highest BCUT2D eigenvalue weighted by Crippen LogP contribution is 2.42. The van der Waals surface area contributed by atoms with Crippen LogP contribution in [0.2, 0.25) is 0 Å². The molecule has 2 saturated carbocycles. The van der Waals surface area contributed by atoms with Gasteiger partial charge >= 0.3 is 0 Å². The number of carbonyl (C=O) groups excluding carboxylic acids is 1. The SMILES string of the molecule is CC1(C)CCCC1C(=O)N[C@@H]1CCCC[C@H]1N. The standard InChI is InChI=1S/C14H26N2O/c1-14(2)9-5-6-10(14)13(17)16-12-8-4-3-7-11(12)15/h10-12H,3-9,15H2,1-2H3,(H,16,17)/t10?,11-,12-/m1/s1. The number of rotatable bonds is 2. The molecule has 0 saturated heterocycles. The van der Waals surface area contributed by atoms with Crippen LogP contribution in [-0.2, 0) is 4.79 Å². The molecule has 17 heavy (non-hydrogen) atoms. The molecule has 1 unspecified atom stereocenters. The molecule has 0 spiro atoms. The predicted molar refractivity (Wildman–Crippen MR) is 69.5 cm³/mol. The Bertz CT molecular complexity index is 288. The molecule has 0 aromatic heterocycles. The minimum absolute atomic E-state index is 0.164. The van der Waals surface area contributed by atoms with Crippen LogP contribution in [0.4, 0.5) is 0 Å². The lowest BCUT2D eigenvalue weighted by molar-refractivity contribution is -0.128. The second kappa shape index (κ2) is 4.97. The van der Waals surface area contributed by atoms with Gasteiger partial charge in [0.05, 0.1) is 0 Å². The van der Waals surface area contributed by atoms with Crippen LogP contribution in [-0.4, -0.2) is 18.0 Å². The summed E-state index contributed by atoms with van der Waals surface area (Å²) in [5, 5.41) is 3.20. The number of nitrogens with one attached hydrogen (secondary N) is 1. The van der Waals surface area contributed by atoms with E-state index in [4.69, 9.17) is 5.73 Å². The van der Waals surface area contributed by atoms with E-state index in [1.54, 1.807) is 0 Å². The van der Waals surface area contributed by atoms with E-state index >= 15 is 0 Å². The van der Waals surface area contributed by atoms with Crippen molar-refractivity contribution < 1.29 is 4.79 Å². The highest BCUT2D eigenvalue weighted by molar-refractivity contribution is 5.80. The van der Waals surface area contributed by atoms with Gasteiger partial charge in [-0.15, -0.1) is 0 Å². The van der Waals surface area contributed by atoms with Crippen molar-refractivity contribution in [3.05, 3.63) is 0 Å². The third kappa shape index (κ3) is 2.82. The third-order valence-corrected chi connectivity index (χ3v) is 4.72. The maximum Gasteiger partial charge on any atom is 0.223 e. The maximum absolute atomic E-state index is 12.3. The van der Waals surface area contributed by atoms with Gasteiger partial charge in [0.15, 0.2) is 0 Å². The summed E-state index contributed by atoms with van der Waals surface area (Å²) in [6.45, 7) is 4.43. The summed E-state index contributed by atoms with van der Waals surface area (Å²) in [4.78, 5) is 12.3. The molecule has 3 atom stereocenters. The average Bonchev–Trinajstić information content (AvgIpc) is 2.61. The van der Waals surface area contributed by atoms with Crippen LogP contribution in [0, 0.1) is 11.3 Å². The van der Waals surface area contributed by atoms with E-state index in [-0.39, 0.29) is 29.3 Å². The molecule has 2 aliphatic carbocycles. The van der Waals surface area contributed by atoms with Crippen molar-refractivity contribution in [2.75, 3.05) is 0 Å². The van der Waals surface area contributed by atoms with Gasteiger partial charge in [0.25, 0.3) is 0 Å². The van der Waals surface area contributed by atoms with Crippen LogP contribution in [0.15, 0.2) is 0 Å². The van der Waals surface area contributed by atoms with E-state index < -0.39 is 0 Å². The van der Waals surface area contributed by atoms with Gasteiger partial charge in [-0.3, -0.25) is 4.79 Å². The van der Waals surface area contributed by atoms with Gasteiger partial charge in [0.1, 0.15) is 0 Å². The van der Waals surface area contributed by atoms with Crippen molar-refractivity contribution in [1.82, 2.24) is 5.32 Å². The molecule has 0 radical (unpaired) electrons. The lowest BCUT2D eigenvalue weighted by atomic mass is 9.81. The van der Waals surface area contributed by atoms with Crippen molar-refractivity contribution in [3.8, 4) is 0 Å². The van der Waals surface area contributed by atoms with E-state index in [0.29, 0.717) is 0 Å². The molecule has 2 fully saturated rings. The molecule has 2 rings (SSSR count). The van der Waals surface area contributed by atoms with Gasteiger partial charge in [0, 0.05) is 18.0 Å². The van der Waals surface area contributed by atoms with Crippen LogP contribution in [0.3, 0.4) is 0 Å². The van der Waals surface area contributed by atoms with Gasteiger partial charge < -0.3 is 11.1 Å². The first-order valence-corrected chi connectivity index (χ1v) is 7.07. The minimum Gasteiger partial charge on any atom is -0.352 e. The predicted octanol–water partition coefficient (Wildman–Crippen LogP) is 2.20. The normalized spacial score (nSPS) is 36.8. The van der Waals surface area contributed by atoms with Crippen molar-refractivity contribution >= 4 is 5.91 Å². The fourth-order valence-corrected chi connectivity index (χ4v) is 3.43. The largest absolute Gasteiger partial charge is 0.352 e. The van der Waals surface area contributed by atoms with E-state index in [1.165, 1.54) is 25.7 Å². The number of carbonyl (C=O) groups is 1. The van der Waals surface area contributed by atoms with Crippen LogP contribution >= 0.6 is 0 Å². The number of hydrogen-bond donors (Lipinski definition) is 2. The van der Waals surface area contributed by atoms with Gasteiger partial charge in [-0.25, -0.2) is 0 Å². The van der Waals surface area contributed by atoms with Gasteiger partial charge in [-0.2, -0.15) is 0 Å². The lowest BCUT2D eigenvalue weighted by Crippen LogP contribution is -2.51. The molecule has 98 valence electrons. The summed E-state index contributed by atoms with van der Waals surface area (Å²) in [7, 11) is 0. The van der Waals surface area contributed by atoms with Crippen molar-refractivity contribution in [2.24, 2.45) is 17.1 Å². The topological polar surface area (TPSA) is 55.1 Å². The molecule has 0 aromatic carbocycles. The van der Waals surface area contributed by atoms with Crippen LogP contribution < -0.4 is 11.1 Å². The van der Waals surface area contributed by atoms with Crippen molar-refractivity contribution in [1.29, 1.82) is 0 Å². The Kier molecular flexibility index (Phi) is 3.76. The Morgan fingerprint density at radius 2 is 1.88 bits per heavy atom. The Balaban J connectivity index is 1.92. The molecule has 3 nitrogen and oxygen atoms in total. The molecule has 0 aliphatic heterocycles. The maximum atomic E-state index is 12.3. The molecule has 0 aromatic rings. The van der Waals surface area contributed by atoms with E-state index in [0.717, 1.165) is 19.3 Å². The zero-order valence-corrected chi connectivity index (χ0v) is 11.2. The Morgan fingerprint density at radius 1 is 1.18 bits per heavy atom. The first-order chi connectivity index (χ1) is 8.00. The number of hydrogen-bond acceptors (Lipinski definition) is 2. The Labute approximate surface area is 105 Å². The number of amides is 1. The molecule has 0 bridgehead atoms. The second-order valence-electron chi connectivity index (χ2n) is 6.50. The fourth-order valence-electron chi connectivity index (χ4n) is 3.43. The molecule has 3 heteroatoms. The van der Waals surface area contributed by atoms with E-state index in [1.807, 2.05) is 0 Å². The highest BCUT2D eigenvalue weighted by atomic mass is 16.2. The zero-order valence-electron chi connectivity index (χ0n) is 11.2. The molecular formula is C14H26N2O. The summed E-state index contributed by atoms with van der Waals surface area (Å²) in [6, 6.07) is 0.380. The Morgan fingerprint density at radius 3 is 2.47 bits per heavy atom. The zero-order chi connectivity index (χ0) is 12.5. The van der Waals surface area contributed by atoms with Crippen LogP contribution in [0.5, 0.6) is 0 Å². The van der Waals surface area contributed by atoms with Gasteiger partial charge in [-0.1, -0.05) is 33.1 Å². The number of nitrogens with two attached hydrogens (primary N) is 1. The Hall–Kier alpha value is -0.570. The van der Waals surface area contributed by atoms with Crippen molar-refractivity contribution in [3.63, 3.8) is 0 Å². The summed E-state index contributed by atoms with van der Waals surface area (Å²) < 4.78 is 0. The van der Waals surface area contributed by atoms with E-state index in [9.17, 15) is 4.79 Å². The molecular weight excluding hydrogens is 212 g/mol. The molecule has 0 heterocycles. The molecule has 1 amide bonds. The quantitative estimate of drug-likeness (QED) is 0.775. The van der Waals surface area contributed by atoms with Gasteiger partial charge in [-0.05, 0) is 31.1 Å². The average molecular weight is 238 g/mol. The minimum atomic E-state index is 0.164. The van der Waals surface area contributed by atoms with Crippen molar-refractivity contribution in [2.45, 2.75) is 70.9 Å². The van der Waals surface area contributed by atoms with E-state index in [2.05, 4.69) is 19.2 Å². The summed E-state index contributed by atoms with van der Waals surface area (Å²) in [5.41, 5.74) is 6.25.